The van der Waals surface area contributed by atoms with Crippen LogP contribution in [0.3, 0.4) is 0 Å². The quantitative estimate of drug-likeness (QED) is 0.841. The lowest BCUT2D eigenvalue weighted by molar-refractivity contribution is 0.303. The minimum absolute atomic E-state index is 0.416. The van der Waals surface area contributed by atoms with E-state index in [2.05, 4.69) is 37.0 Å². The number of ether oxygens (including phenoxy) is 1. The minimum Gasteiger partial charge on any atom is -0.489 e. The SMILES string of the molecule is Cc1ccc(C(C)C)cc1OCc1ccnc(C#N)c1. The summed E-state index contributed by atoms with van der Waals surface area (Å²) in [6, 6.07) is 12.0. The summed E-state index contributed by atoms with van der Waals surface area (Å²) in [7, 11) is 0. The normalized spacial score (nSPS) is 10.3. The van der Waals surface area contributed by atoms with Gasteiger partial charge in [-0.1, -0.05) is 26.0 Å². The molecule has 0 radical (unpaired) electrons. The van der Waals surface area contributed by atoms with Gasteiger partial charge in [0.1, 0.15) is 24.1 Å². The number of aromatic nitrogens is 1. The Balaban J connectivity index is 2.14. The zero-order valence-corrected chi connectivity index (χ0v) is 12.1. The summed E-state index contributed by atoms with van der Waals surface area (Å²) in [6.45, 7) is 6.80. The highest BCUT2D eigenvalue weighted by Crippen LogP contribution is 2.25. The van der Waals surface area contributed by atoms with Crippen molar-refractivity contribution in [2.45, 2.75) is 33.3 Å². The summed E-state index contributed by atoms with van der Waals surface area (Å²) in [6.07, 6.45) is 1.63. The van der Waals surface area contributed by atoms with E-state index in [0.717, 1.165) is 16.9 Å². The molecule has 0 saturated heterocycles. The Morgan fingerprint density at radius 3 is 2.75 bits per heavy atom. The van der Waals surface area contributed by atoms with Crippen LogP contribution in [0.25, 0.3) is 0 Å². The predicted molar refractivity (Wildman–Crippen MR) is 78.6 cm³/mol. The van der Waals surface area contributed by atoms with Gasteiger partial charge in [0, 0.05) is 6.20 Å². The predicted octanol–water partition coefficient (Wildman–Crippen LogP) is 3.96. The van der Waals surface area contributed by atoms with Crippen LogP contribution in [0.15, 0.2) is 36.5 Å². The van der Waals surface area contributed by atoms with Crippen LogP contribution in [0.1, 0.15) is 42.1 Å². The first-order valence-electron chi connectivity index (χ1n) is 6.68. The van der Waals surface area contributed by atoms with Crippen LogP contribution in [-0.2, 0) is 6.61 Å². The van der Waals surface area contributed by atoms with Gasteiger partial charge in [0.2, 0.25) is 0 Å². The molecule has 0 N–H and O–H groups in total. The summed E-state index contributed by atoms with van der Waals surface area (Å²) >= 11 is 0. The lowest BCUT2D eigenvalue weighted by atomic mass is 10.0. The smallest absolute Gasteiger partial charge is 0.140 e. The molecule has 2 aromatic rings. The summed E-state index contributed by atoms with van der Waals surface area (Å²) in [4.78, 5) is 3.95. The Morgan fingerprint density at radius 1 is 1.25 bits per heavy atom. The number of rotatable bonds is 4. The first-order valence-corrected chi connectivity index (χ1v) is 6.68. The molecule has 0 fully saturated rings. The van der Waals surface area contributed by atoms with E-state index >= 15 is 0 Å². The second-order valence-electron chi connectivity index (χ2n) is 5.13. The van der Waals surface area contributed by atoms with E-state index < -0.39 is 0 Å². The summed E-state index contributed by atoms with van der Waals surface area (Å²) < 4.78 is 5.88. The standard InChI is InChI=1S/C17H18N2O/c1-12(2)15-5-4-13(3)17(9-15)20-11-14-6-7-19-16(8-14)10-18/h4-9,12H,11H2,1-3H3. The van der Waals surface area contributed by atoms with Gasteiger partial charge in [0.05, 0.1) is 0 Å². The molecule has 0 aliphatic carbocycles. The van der Waals surface area contributed by atoms with Gasteiger partial charge < -0.3 is 4.74 Å². The topological polar surface area (TPSA) is 45.9 Å². The first kappa shape index (κ1) is 14.1. The molecule has 102 valence electrons. The average Bonchev–Trinajstić information content (AvgIpc) is 2.46. The van der Waals surface area contributed by atoms with E-state index in [1.54, 1.807) is 12.3 Å². The van der Waals surface area contributed by atoms with Gasteiger partial charge in [-0.15, -0.1) is 0 Å². The van der Waals surface area contributed by atoms with Crippen LogP contribution in [-0.4, -0.2) is 4.98 Å². The highest BCUT2D eigenvalue weighted by molar-refractivity contribution is 5.38. The van der Waals surface area contributed by atoms with Crippen LogP contribution < -0.4 is 4.74 Å². The fourth-order valence-electron chi connectivity index (χ4n) is 1.92. The Bertz CT molecular complexity index is 642. The molecule has 1 aromatic heterocycles. The van der Waals surface area contributed by atoms with Crippen molar-refractivity contribution in [1.29, 1.82) is 5.26 Å². The average molecular weight is 266 g/mol. The highest BCUT2D eigenvalue weighted by Gasteiger charge is 2.05. The van der Waals surface area contributed by atoms with Gasteiger partial charge in [-0.25, -0.2) is 4.98 Å². The van der Waals surface area contributed by atoms with Crippen LogP contribution in [0.2, 0.25) is 0 Å². The number of hydrogen-bond acceptors (Lipinski definition) is 3. The van der Waals surface area contributed by atoms with Crippen molar-refractivity contribution < 1.29 is 4.74 Å². The Morgan fingerprint density at radius 2 is 2.05 bits per heavy atom. The van der Waals surface area contributed by atoms with E-state index in [1.165, 1.54) is 5.56 Å². The number of hydrogen-bond donors (Lipinski definition) is 0. The summed E-state index contributed by atoms with van der Waals surface area (Å²) in [5.74, 6) is 1.37. The molecule has 3 heteroatoms. The second kappa shape index (κ2) is 6.21. The third kappa shape index (κ3) is 3.36. The molecule has 3 nitrogen and oxygen atoms in total. The minimum atomic E-state index is 0.416. The molecule has 0 saturated carbocycles. The maximum absolute atomic E-state index is 8.84. The Hall–Kier alpha value is -2.34. The Kier molecular flexibility index (Phi) is 4.37. The molecule has 0 spiro atoms. The van der Waals surface area contributed by atoms with Crippen molar-refractivity contribution >= 4 is 0 Å². The van der Waals surface area contributed by atoms with E-state index in [1.807, 2.05) is 19.1 Å². The molecule has 20 heavy (non-hydrogen) atoms. The van der Waals surface area contributed by atoms with Crippen molar-refractivity contribution in [2.75, 3.05) is 0 Å². The van der Waals surface area contributed by atoms with Gasteiger partial charge in [0.25, 0.3) is 0 Å². The number of pyridine rings is 1. The van der Waals surface area contributed by atoms with Gasteiger partial charge in [-0.3, -0.25) is 0 Å². The highest BCUT2D eigenvalue weighted by atomic mass is 16.5. The zero-order chi connectivity index (χ0) is 14.5. The largest absolute Gasteiger partial charge is 0.489 e. The Labute approximate surface area is 119 Å². The third-order valence-electron chi connectivity index (χ3n) is 3.21. The van der Waals surface area contributed by atoms with Crippen molar-refractivity contribution in [3.05, 3.63) is 58.9 Å². The van der Waals surface area contributed by atoms with Gasteiger partial charge in [-0.2, -0.15) is 5.26 Å². The lowest BCUT2D eigenvalue weighted by Crippen LogP contribution is -1.99. The third-order valence-corrected chi connectivity index (χ3v) is 3.21. The molecule has 0 amide bonds. The molecular weight excluding hydrogens is 248 g/mol. The van der Waals surface area contributed by atoms with Gasteiger partial charge in [0.15, 0.2) is 0 Å². The van der Waals surface area contributed by atoms with Crippen molar-refractivity contribution in [3.63, 3.8) is 0 Å². The molecule has 0 atom stereocenters. The number of nitriles is 1. The fourth-order valence-corrected chi connectivity index (χ4v) is 1.92. The molecule has 0 unspecified atom stereocenters. The van der Waals surface area contributed by atoms with Crippen molar-refractivity contribution in [2.24, 2.45) is 0 Å². The molecule has 1 heterocycles. The summed E-state index contributed by atoms with van der Waals surface area (Å²) in [5, 5.41) is 8.84. The molecule has 0 aliphatic heterocycles. The molecule has 0 bridgehead atoms. The van der Waals surface area contributed by atoms with Crippen LogP contribution in [0, 0.1) is 18.3 Å². The van der Waals surface area contributed by atoms with E-state index in [9.17, 15) is 0 Å². The maximum Gasteiger partial charge on any atom is 0.140 e. The van der Waals surface area contributed by atoms with Gasteiger partial charge in [-0.05, 0) is 47.7 Å². The summed E-state index contributed by atoms with van der Waals surface area (Å²) in [5.41, 5.74) is 3.74. The first-order chi connectivity index (χ1) is 9.60. The number of benzene rings is 1. The van der Waals surface area contributed by atoms with E-state index in [0.29, 0.717) is 18.2 Å². The van der Waals surface area contributed by atoms with Crippen LogP contribution >= 0.6 is 0 Å². The molecular formula is C17H18N2O. The number of aryl methyl sites for hydroxylation is 1. The fraction of sp³-hybridized carbons (Fsp3) is 0.294. The molecule has 0 aliphatic rings. The zero-order valence-electron chi connectivity index (χ0n) is 12.1. The van der Waals surface area contributed by atoms with Gasteiger partial charge >= 0.3 is 0 Å². The van der Waals surface area contributed by atoms with Crippen LogP contribution in [0.5, 0.6) is 5.75 Å². The van der Waals surface area contributed by atoms with E-state index in [-0.39, 0.29) is 0 Å². The maximum atomic E-state index is 8.84. The van der Waals surface area contributed by atoms with Crippen molar-refractivity contribution in [3.8, 4) is 11.8 Å². The van der Waals surface area contributed by atoms with Crippen molar-refractivity contribution in [1.82, 2.24) is 4.98 Å². The molecule has 2 rings (SSSR count). The van der Waals surface area contributed by atoms with Crippen LogP contribution in [0.4, 0.5) is 0 Å². The van der Waals surface area contributed by atoms with E-state index in [4.69, 9.17) is 10.00 Å². The second-order valence-corrected chi connectivity index (χ2v) is 5.13. The monoisotopic (exact) mass is 266 g/mol. The molecule has 1 aromatic carbocycles. The number of nitrogens with zero attached hydrogens (tertiary/aromatic N) is 2. The lowest BCUT2D eigenvalue weighted by Gasteiger charge is -2.13.